The third-order valence-corrected chi connectivity index (χ3v) is 3.57. The van der Waals surface area contributed by atoms with Gasteiger partial charge in [-0.1, -0.05) is 0 Å². The molecule has 2 fully saturated rings. The van der Waals surface area contributed by atoms with Gasteiger partial charge in [-0.15, -0.1) is 0 Å². The topological polar surface area (TPSA) is 69.6 Å². The molecule has 1 unspecified atom stereocenters. The molecular weight excluding hydrogens is 208 g/mol. The average molecular weight is 226 g/mol. The minimum absolute atomic E-state index is 0.0121. The quantitative estimate of drug-likeness (QED) is 0.669. The number of aliphatic hydroxyl groups is 1. The van der Waals surface area contributed by atoms with Crippen LogP contribution in [0.2, 0.25) is 0 Å². The predicted octanol–water partition coefficient (Wildman–Crippen LogP) is -0.647. The summed E-state index contributed by atoms with van der Waals surface area (Å²) in [5, 5.41) is 11.9. The fourth-order valence-corrected chi connectivity index (χ4v) is 2.22. The molecule has 2 N–H and O–H groups in total. The van der Waals surface area contributed by atoms with E-state index in [4.69, 9.17) is 0 Å². The van der Waals surface area contributed by atoms with Crippen molar-refractivity contribution in [3.05, 3.63) is 0 Å². The van der Waals surface area contributed by atoms with Gasteiger partial charge < -0.3 is 15.3 Å². The highest BCUT2D eigenvalue weighted by Gasteiger charge is 2.44. The molecule has 5 nitrogen and oxygen atoms in total. The van der Waals surface area contributed by atoms with Crippen molar-refractivity contribution in [1.82, 2.24) is 10.2 Å². The highest BCUT2D eigenvalue weighted by atomic mass is 16.3. The first-order valence-electron chi connectivity index (χ1n) is 5.69. The van der Waals surface area contributed by atoms with E-state index in [0.717, 1.165) is 12.8 Å². The van der Waals surface area contributed by atoms with Crippen LogP contribution in [0.3, 0.4) is 0 Å². The molecule has 0 aromatic rings. The van der Waals surface area contributed by atoms with Crippen LogP contribution < -0.4 is 5.32 Å². The average Bonchev–Trinajstić information content (AvgIpc) is 2.91. The summed E-state index contributed by atoms with van der Waals surface area (Å²) < 4.78 is 0. The Labute approximate surface area is 94.8 Å². The summed E-state index contributed by atoms with van der Waals surface area (Å²) in [6.07, 6.45) is 2.28. The molecule has 1 atom stereocenters. The molecule has 2 amide bonds. The lowest BCUT2D eigenvalue weighted by Gasteiger charge is -2.24. The van der Waals surface area contributed by atoms with Gasteiger partial charge in [0.25, 0.3) is 0 Å². The van der Waals surface area contributed by atoms with E-state index in [-0.39, 0.29) is 29.8 Å². The monoisotopic (exact) mass is 226 g/mol. The molecule has 1 aliphatic carbocycles. The van der Waals surface area contributed by atoms with Gasteiger partial charge in [-0.2, -0.15) is 0 Å². The zero-order valence-electron chi connectivity index (χ0n) is 9.53. The van der Waals surface area contributed by atoms with Crippen LogP contribution in [-0.4, -0.2) is 48.6 Å². The first-order chi connectivity index (χ1) is 7.56. The summed E-state index contributed by atoms with van der Waals surface area (Å²) in [4.78, 5) is 24.6. The van der Waals surface area contributed by atoms with Gasteiger partial charge >= 0.3 is 0 Å². The molecule has 1 aliphatic heterocycles. The van der Waals surface area contributed by atoms with Crippen molar-refractivity contribution in [2.24, 2.45) is 11.3 Å². The van der Waals surface area contributed by atoms with Gasteiger partial charge in [0.05, 0.1) is 12.5 Å². The molecule has 0 aromatic carbocycles. The molecule has 0 radical (unpaired) electrons. The van der Waals surface area contributed by atoms with Gasteiger partial charge in [-0.3, -0.25) is 9.59 Å². The second-order valence-electron chi connectivity index (χ2n) is 5.06. The smallest absolute Gasteiger partial charge is 0.227 e. The van der Waals surface area contributed by atoms with Crippen LogP contribution in [0.1, 0.15) is 19.3 Å². The lowest BCUT2D eigenvalue weighted by atomic mass is 10.0. The van der Waals surface area contributed by atoms with E-state index in [9.17, 15) is 14.7 Å². The molecular formula is C11H18N2O3. The number of hydrogen-bond acceptors (Lipinski definition) is 3. The summed E-state index contributed by atoms with van der Waals surface area (Å²) in [5.41, 5.74) is -0.0551. The van der Waals surface area contributed by atoms with Crippen molar-refractivity contribution in [2.75, 3.05) is 26.7 Å². The standard InChI is InChI=1S/C11H18N2O3/c1-13(6-11(7-14)2-3-11)10(16)8-4-9(15)12-5-8/h8,14H,2-7H2,1H3,(H,12,15). The largest absolute Gasteiger partial charge is 0.396 e. The highest BCUT2D eigenvalue weighted by Crippen LogP contribution is 2.45. The predicted molar refractivity (Wildman–Crippen MR) is 57.5 cm³/mol. The van der Waals surface area contributed by atoms with Gasteiger partial charge in [-0.05, 0) is 12.8 Å². The van der Waals surface area contributed by atoms with Crippen LogP contribution >= 0.6 is 0 Å². The maximum absolute atomic E-state index is 12.0. The minimum Gasteiger partial charge on any atom is -0.396 e. The zero-order valence-corrected chi connectivity index (χ0v) is 9.53. The van der Waals surface area contributed by atoms with Crippen LogP contribution in [0.15, 0.2) is 0 Å². The Kier molecular flexibility index (Phi) is 2.88. The fraction of sp³-hybridized carbons (Fsp3) is 0.818. The molecule has 1 heterocycles. The Hall–Kier alpha value is -1.10. The number of amides is 2. The zero-order chi connectivity index (χ0) is 11.8. The Balaban J connectivity index is 1.87. The van der Waals surface area contributed by atoms with Crippen molar-refractivity contribution in [1.29, 1.82) is 0 Å². The van der Waals surface area contributed by atoms with E-state index in [1.807, 2.05) is 0 Å². The molecule has 0 spiro atoms. The third-order valence-electron chi connectivity index (χ3n) is 3.57. The Morgan fingerprint density at radius 3 is 2.75 bits per heavy atom. The maximum Gasteiger partial charge on any atom is 0.227 e. The van der Waals surface area contributed by atoms with Crippen LogP contribution in [0.25, 0.3) is 0 Å². The van der Waals surface area contributed by atoms with Gasteiger partial charge in [0.1, 0.15) is 0 Å². The first-order valence-corrected chi connectivity index (χ1v) is 5.69. The molecule has 2 rings (SSSR count). The summed E-state index contributed by atoms with van der Waals surface area (Å²) in [6, 6.07) is 0. The molecule has 90 valence electrons. The first kappa shape index (κ1) is 11.4. The van der Waals surface area contributed by atoms with Crippen LogP contribution in [0.5, 0.6) is 0 Å². The summed E-state index contributed by atoms with van der Waals surface area (Å²) in [6.45, 7) is 1.20. The molecule has 0 aromatic heterocycles. The van der Waals surface area contributed by atoms with Crippen molar-refractivity contribution in [3.8, 4) is 0 Å². The molecule has 1 saturated heterocycles. The summed E-state index contributed by atoms with van der Waals surface area (Å²) in [7, 11) is 1.75. The molecule has 16 heavy (non-hydrogen) atoms. The third kappa shape index (κ3) is 2.19. The van der Waals surface area contributed by atoms with E-state index in [2.05, 4.69) is 5.32 Å². The Morgan fingerprint density at radius 2 is 2.31 bits per heavy atom. The van der Waals surface area contributed by atoms with Crippen LogP contribution in [0.4, 0.5) is 0 Å². The van der Waals surface area contributed by atoms with E-state index >= 15 is 0 Å². The van der Waals surface area contributed by atoms with Crippen molar-refractivity contribution < 1.29 is 14.7 Å². The maximum atomic E-state index is 12.0. The number of nitrogens with zero attached hydrogens (tertiary/aromatic N) is 1. The Morgan fingerprint density at radius 1 is 1.62 bits per heavy atom. The second kappa shape index (κ2) is 4.05. The lowest BCUT2D eigenvalue weighted by Crippen LogP contribution is -2.38. The van der Waals surface area contributed by atoms with Gasteiger partial charge in [0, 0.05) is 32.0 Å². The van der Waals surface area contributed by atoms with Gasteiger partial charge in [-0.25, -0.2) is 0 Å². The summed E-state index contributed by atoms with van der Waals surface area (Å²) in [5.74, 6) is -0.250. The number of nitrogens with one attached hydrogen (secondary N) is 1. The van der Waals surface area contributed by atoms with E-state index in [1.165, 1.54) is 0 Å². The fourth-order valence-electron chi connectivity index (χ4n) is 2.22. The van der Waals surface area contributed by atoms with Crippen molar-refractivity contribution in [2.45, 2.75) is 19.3 Å². The second-order valence-corrected chi connectivity index (χ2v) is 5.06. The molecule has 1 saturated carbocycles. The number of carbonyl (C=O) groups is 2. The molecule has 0 bridgehead atoms. The number of carbonyl (C=O) groups excluding carboxylic acids is 2. The molecule has 5 heteroatoms. The summed E-state index contributed by atoms with van der Waals surface area (Å²) >= 11 is 0. The van der Waals surface area contributed by atoms with E-state index in [0.29, 0.717) is 19.5 Å². The molecule has 2 aliphatic rings. The normalized spacial score (nSPS) is 26.4. The van der Waals surface area contributed by atoms with Crippen molar-refractivity contribution in [3.63, 3.8) is 0 Å². The number of aliphatic hydroxyl groups excluding tert-OH is 1. The van der Waals surface area contributed by atoms with E-state index in [1.54, 1.807) is 11.9 Å². The van der Waals surface area contributed by atoms with Crippen molar-refractivity contribution >= 4 is 11.8 Å². The minimum atomic E-state index is -0.216. The van der Waals surface area contributed by atoms with Gasteiger partial charge in [0.15, 0.2) is 0 Å². The van der Waals surface area contributed by atoms with E-state index < -0.39 is 0 Å². The number of hydrogen-bond donors (Lipinski definition) is 2. The lowest BCUT2D eigenvalue weighted by molar-refractivity contribution is -0.135. The number of rotatable bonds is 4. The highest BCUT2D eigenvalue weighted by molar-refractivity contribution is 5.89. The van der Waals surface area contributed by atoms with Crippen LogP contribution in [-0.2, 0) is 9.59 Å². The van der Waals surface area contributed by atoms with Gasteiger partial charge in [0.2, 0.25) is 11.8 Å². The van der Waals surface area contributed by atoms with Crippen LogP contribution in [0, 0.1) is 11.3 Å². The SMILES string of the molecule is CN(CC1(CO)CC1)C(=O)C1CNC(=O)C1. The Bertz CT molecular complexity index is 312.